The molecule has 5 nitrogen and oxygen atoms in total. The molecule has 0 aliphatic carbocycles. The fourth-order valence-corrected chi connectivity index (χ4v) is 1.71. The smallest absolute Gasteiger partial charge is 0.182 e. The third kappa shape index (κ3) is 3.06. The molecule has 1 N–H and O–H groups in total. The van der Waals surface area contributed by atoms with E-state index in [1.807, 2.05) is 26.0 Å². The van der Waals surface area contributed by atoms with Crippen molar-refractivity contribution >= 4 is 28.9 Å². The molecule has 0 amide bonds. The van der Waals surface area contributed by atoms with Crippen molar-refractivity contribution in [3.8, 4) is 0 Å². The Balaban J connectivity index is 2.39. The number of Topliss-reactive ketones (excluding diaryl/α,β-unsaturated/α-hetero) is 1. The number of hydrogen-bond acceptors (Lipinski definition) is 5. The van der Waals surface area contributed by atoms with E-state index < -0.39 is 0 Å². The fourth-order valence-electron chi connectivity index (χ4n) is 1.56. The summed E-state index contributed by atoms with van der Waals surface area (Å²) in [5.41, 5.74) is 2.76. The zero-order chi connectivity index (χ0) is 14.0. The lowest BCUT2D eigenvalue weighted by atomic mass is 10.2. The normalized spacial score (nSPS) is 10.3. The number of halogens is 1. The molecule has 0 aromatic carbocycles. The summed E-state index contributed by atoms with van der Waals surface area (Å²) in [6.07, 6.45) is 0. The van der Waals surface area contributed by atoms with Crippen LogP contribution in [-0.2, 0) is 0 Å². The first kappa shape index (κ1) is 13.4. The molecular weight excluding hydrogens is 264 g/mol. The molecule has 0 radical (unpaired) electrons. The number of anilines is 2. The third-order valence-corrected chi connectivity index (χ3v) is 2.90. The summed E-state index contributed by atoms with van der Waals surface area (Å²) in [7, 11) is 0. The van der Waals surface area contributed by atoms with Crippen LogP contribution in [0.1, 0.15) is 28.7 Å². The van der Waals surface area contributed by atoms with Gasteiger partial charge in [-0.05, 0) is 25.5 Å². The summed E-state index contributed by atoms with van der Waals surface area (Å²) < 4.78 is 0. The molecule has 2 heterocycles. The second-order valence-electron chi connectivity index (χ2n) is 4.21. The Morgan fingerprint density at radius 2 is 2.00 bits per heavy atom. The van der Waals surface area contributed by atoms with Gasteiger partial charge in [0.2, 0.25) is 0 Å². The van der Waals surface area contributed by atoms with Gasteiger partial charge in [0.25, 0.3) is 0 Å². The molecule has 0 saturated carbocycles. The van der Waals surface area contributed by atoms with Crippen molar-refractivity contribution in [3.05, 3.63) is 40.3 Å². The minimum atomic E-state index is -0.185. The van der Waals surface area contributed by atoms with Crippen molar-refractivity contribution in [2.24, 2.45) is 0 Å². The van der Waals surface area contributed by atoms with Gasteiger partial charge in [-0.1, -0.05) is 17.7 Å². The molecule has 0 bridgehead atoms. The number of rotatable bonds is 3. The Kier molecular flexibility index (Phi) is 3.76. The van der Waals surface area contributed by atoms with Crippen LogP contribution in [0.4, 0.5) is 11.5 Å². The van der Waals surface area contributed by atoms with Crippen LogP contribution in [-0.4, -0.2) is 21.0 Å². The standard InChI is InChI=1S/C13H13ClN4O/c1-7-4-5-12(15-8(7)2)16-10-6-11(14)17-18-13(10)9(3)19/h4-6H,1-3H3,(H,15,16,17). The predicted octanol–water partition coefficient (Wildman–Crippen LogP) is 3.09. The van der Waals surface area contributed by atoms with Gasteiger partial charge in [0, 0.05) is 18.7 Å². The summed E-state index contributed by atoms with van der Waals surface area (Å²) in [5.74, 6) is 0.449. The highest BCUT2D eigenvalue weighted by molar-refractivity contribution is 6.29. The van der Waals surface area contributed by atoms with Gasteiger partial charge in [0.1, 0.15) is 5.82 Å². The van der Waals surface area contributed by atoms with Gasteiger partial charge < -0.3 is 5.32 Å². The molecule has 2 aromatic rings. The van der Waals surface area contributed by atoms with Crippen molar-refractivity contribution in [2.45, 2.75) is 20.8 Å². The van der Waals surface area contributed by atoms with Crippen molar-refractivity contribution in [1.82, 2.24) is 15.2 Å². The molecule has 0 aliphatic heterocycles. The van der Waals surface area contributed by atoms with Crippen LogP contribution < -0.4 is 5.32 Å². The lowest BCUT2D eigenvalue weighted by Crippen LogP contribution is -2.06. The molecule has 19 heavy (non-hydrogen) atoms. The van der Waals surface area contributed by atoms with Crippen molar-refractivity contribution in [1.29, 1.82) is 0 Å². The van der Waals surface area contributed by atoms with Crippen LogP contribution in [0.3, 0.4) is 0 Å². The molecule has 0 saturated heterocycles. The van der Waals surface area contributed by atoms with E-state index in [4.69, 9.17) is 11.6 Å². The predicted molar refractivity (Wildman–Crippen MR) is 74.0 cm³/mol. The Bertz CT molecular complexity index is 643. The minimum absolute atomic E-state index is 0.185. The van der Waals surface area contributed by atoms with Crippen molar-refractivity contribution in [3.63, 3.8) is 0 Å². The van der Waals surface area contributed by atoms with Gasteiger partial charge >= 0.3 is 0 Å². The molecule has 0 atom stereocenters. The number of nitrogens with zero attached hydrogens (tertiary/aromatic N) is 3. The van der Waals surface area contributed by atoms with Gasteiger partial charge in [-0.15, -0.1) is 10.2 Å². The quantitative estimate of drug-likeness (QED) is 0.873. The number of ketones is 1. The molecule has 0 aliphatic rings. The van der Waals surface area contributed by atoms with E-state index in [9.17, 15) is 4.79 Å². The molecule has 0 spiro atoms. The summed E-state index contributed by atoms with van der Waals surface area (Å²) >= 11 is 5.80. The topological polar surface area (TPSA) is 67.8 Å². The number of aryl methyl sites for hydroxylation is 2. The fraction of sp³-hybridized carbons (Fsp3) is 0.231. The number of aromatic nitrogens is 3. The summed E-state index contributed by atoms with van der Waals surface area (Å²) in [5, 5.41) is 10.7. The van der Waals surface area contributed by atoms with E-state index in [2.05, 4.69) is 20.5 Å². The highest BCUT2D eigenvalue weighted by atomic mass is 35.5. The van der Waals surface area contributed by atoms with Crippen LogP contribution >= 0.6 is 11.6 Å². The maximum absolute atomic E-state index is 11.5. The van der Waals surface area contributed by atoms with Crippen LogP contribution in [0.15, 0.2) is 18.2 Å². The van der Waals surface area contributed by atoms with Gasteiger partial charge in [0.15, 0.2) is 16.6 Å². The lowest BCUT2D eigenvalue weighted by molar-refractivity contribution is 0.101. The highest BCUT2D eigenvalue weighted by Gasteiger charge is 2.12. The number of nitrogens with one attached hydrogen (secondary N) is 1. The third-order valence-electron chi connectivity index (χ3n) is 2.71. The maximum Gasteiger partial charge on any atom is 0.182 e. The first-order valence-electron chi connectivity index (χ1n) is 5.73. The number of carbonyl (C=O) groups excluding carboxylic acids is 1. The van der Waals surface area contributed by atoms with E-state index in [1.54, 1.807) is 6.07 Å². The number of hydrogen-bond donors (Lipinski definition) is 1. The van der Waals surface area contributed by atoms with Gasteiger partial charge in [-0.3, -0.25) is 4.79 Å². The highest BCUT2D eigenvalue weighted by Crippen LogP contribution is 2.21. The Morgan fingerprint density at radius 3 is 2.63 bits per heavy atom. The van der Waals surface area contributed by atoms with Gasteiger partial charge in [-0.2, -0.15) is 0 Å². The second-order valence-corrected chi connectivity index (χ2v) is 4.60. The lowest BCUT2D eigenvalue weighted by Gasteiger charge is -2.10. The summed E-state index contributed by atoms with van der Waals surface area (Å²) in [4.78, 5) is 15.9. The Labute approximate surface area is 116 Å². The van der Waals surface area contributed by atoms with Crippen molar-refractivity contribution < 1.29 is 4.79 Å². The molecule has 0 fully saturated rings. The van der Waals surface area contributed by atoms with Gasteiger partial charge in [0.05, 0.1) is 5.69 Å². The average Bonchev–Trinajstić information content (AvgIpc) is 2.33. The average molecular weight is 277 g/mol. The second kappa shape index (κ2) is 5.32. The SMILES string of the molecule is CC(=O)c1nnc(Cl)cc1Nc1ccc(C)c(C)n1. The molecule has 6 heteroatoms. The van der Waals surface area contributed by atoms with Crippen LogP contribution in [0.25, 0.3) is 0 Å². The van der Waals surface area contributed by atoms with E-state index in [-0.39, 0.29) is 16.6 Å². The van der Waals surface area contributed by atoms with Gasteiger partial charge in [-0.25, -0.2) is 4.98 Å². The van der Waals surface area contributed by atoms with Crippen LogP contribution in [0.2, 0.25) is 5.15 Å². The van der Waals surface area contributed by atoms with E-state index in [0.29, 0.717) is 11.5 Å². The zero-order valence-electron chi connectivity index (χ0n) is 10.9. The maximum atomic E-state index is 11.5. The molecule has 2 aromatic heterocycles. The monoisotopic (exact) mass is 276 g/mol. The molecule has 0 unspecified atom stereocenters. The largest absolute Gasteiger partial charge is 0.338 e. The molecular formula is C13H13ClN4O. The zero-order valence-corrected chi connectivity index (χ0v) is 11.6. The number of carbonyl (C=O) groups is 1. The Hall–Kier alpha value is -2.01. The first-order chi connectivity index (χ1) is 8.97. The summed E-state index contributed by atoms with van der Waals surface area (Å²) in [6.45, 7) is 5.33. The summed E-state index contributed by atoms with van der Waals surface area (Å²) in [6, 6.07) is 5.34. The van der Waals surface area contributed by atoms with Crippen LogP contribution in [0.5, 0.6) is 0 Å². The number of pyridine rings is 1. The van der Waals surface area contributed by atoms with Crippen molar-refractivity contribution in [2.75, 3.05) is 5.32 Å². The minimum Gasteiger partial charge on any atom is -0.338 e. The van der Waals surface area contributed by atoms with E-state index in [0.717, 1.165) is 11.3 Å². The van der Waals surface area contributed by atoms with E-state index >= 15 is 0 Å². The Morgan fingerprint density at radius 1 is 1.26 bits per heavy atom. The van der Waals surface area contributed by atoms with Crippen LogP contribution in [0, 0.1) is 13.8 Å². The van der Waals surface area contributed by atoms with E-state index in [1.165, 1.54) is 6.92 Å². The first-order valence-corrected chi connectivity index (χ1v) is 6.10. The molecule has 2 rings (SSSR count). The molecule has 98 valence electrons.